The number of aromatic nitrogens is 2. The number of benzene rings is 2. The Bertz CT molecular complexity index is 1030. The zero-order chi connectivity index (χ0) is 21.5. The predicted octanol–water partition coefficient (Wildman–Crippen LogP) is 3.85. The van der Waals surface area contributed by atoms with E-state index in [1.807, 2.05) is 43.3 Å². The number of anilines is 1. The van der Waals surface area contributed by atoms with Crippen LogP contribution in [0.25, 0.3) is 11.0 Å². The second kappa shape index (κ2) is 7.64. The summed E-state index contributed by atoms with van der Waals surface area (Å²) in [7, 11) is 3.74. The highest BCUT2D eigenvalue weighted by Gasteiger charge is 2.39. The van der Waals surface area contributed by atoms with E-state index < -0.39 is 17.8 Å². The van der Waals surface area contributed by atoms with Crippen molar-refractivity contribution >= 4 is 22.9 Å². The van der Waals surface area contributed by atoms with Crippen LogP contribution in [0.15, 0.2) is 48.5 Å². The smallest absolute Gasteiger partial charge is 0.340 e. The number of fused-ring (bicyclic) bond motifs is 1. The number of alkyl halides is 3. The number of rotatable bonds is 5. The molecule has 3 aromatic rings. The summed E-state index contributed by atoms with van der Waals surface area (Å²) >= 11 is 0. The van der Waals surface area contributed by atoms with Gasteiger partial charge in [-0.3, -0.25) is 9.69 Å². The number of hydrogen-bond donors (Lipinski definition) is 2. The first-order chi connectivity index (χ1) is 14.2. The molecular formula is C21H22F3N5O. The molecule has 0 saturated carbocycles. The van der Waals surface area contributed by atoms with Gasteiger partial charge in [-0.25, -0.2) is 4.98 Å². The lowest BCUT2D eigenvalue weighted by Gasteiger charge is -2.46. The lowest BCUT2D eigenvalue weighted by molar-refractivity contribution is -0.146. The Labute approximate surface area is 171 Å². The second-order valence-corrected chi connectivity index (χ2v) is 7.57. The molecule has 0 radical (unpaired) electrons. The maximum Gasteiger partial charge on any atom is 0.416 e. The Hall–Kier alpha value is -3.07. The molecule has 4 rings (SSSR count). The lowest BCUT2D eigenvalue weighted by atomic mass is 9.99. The van der Waals surface area contributed by atoms with E-state index in [9.17, 15) is 18.0 Å². The Morgan fingerprint density at radius 3 is 2.63 bits per heavy atom. The van der Waals surface area contributed by atoms with Crippen molar-refractivity contribution in [3.8, 4) is 0 Å². The van der Waals surface area contributed by atoms with Crippen LogP contribution >= 0.6 is 0 Å². The summed E-state index contributed by atoms with van der Waals surface area (Å²) < 4.78 is 39.8. The van der Waals surface area contributed by atoms with Crippen molar-refractivity contribution in [1.82, 2.24) is 19.8 Å². The Balaban J connectivity index is 1.70. The topological polar surface area (TPSA) is 64.3 Å². The molecular weight excluding hydrogens is 395 g/mol. The molecule has 2 unspecified atom stereocenters. The first-order valence-electron chi connectivity index (χ1n) is 9.59. The largest absolute Gasteiger partial charge is 0.416 e. The highest BCUT2D eigenvalue weighted by atomic mass is 19.4. The van der Waals surface area contributed by atoms with E-state index in [0.29, 0.717) is 18.0 Å². The number of amides is 1. The van der Waals surface area contributed by atoms with Gasteiger partial charge in [0, 0.05) is 6.54 Å². The number of hydrogen-bond acceptors (Lipinski definition) is 4. The fraction of sp³-hybridized carbons (Fsp3) is 0.333. The van der Waals surface area contributed by atoms with Gasteiger partial charge in [-0.15, -0.1) is 0 Å². The van der Waals surface area contributed by atoms with Gasteiger partial charge in [-0.2, -0.15) is 13.2 Å². The van der Waals surface area contributed by atoms with E-state index in [2.05, 4.69) is 15.3 Å². The monoisotopic (exact) mass is 417 g/mol. The summed E-state index contributed by atoms with van der Waals surface area (Å²) in [5.74, 6) is 0.0358. The summed E-state index contributed by atoms with van der Waals surface area (Å²) in [6, 6.07) is 11.2. The minimum Gasteiger partial charge on any atom is -0.340 e. The number of nitrogens with one attached hydrogen (secondary N) is 2. The van der Waals surface area contributed by atoms with Crippen LogP contribution < -0.4 is 5.32 Å². The molecule has 9 heteroatoms. The molecule has 158 valence electrons. The molecule has 2 heterocycles. The fourth-order valence-electron chi connectivity index (χ4n) is 3.67. The number of para-hydroxylation sites is 2. The van der Waals surface area contributed by atoms with Crippen molar-refractivity contribution < 1.29 is 18.0 Å². The van der Waals surface area contributed by atoms with Crippen molar-refractivity contribution in [1.29, 1.82) is 0 Å². The number of likely N-dealkylation sites (tertiary alicyclic amines) is 1. The summed E-state index contributed by atoms with van der Waals surface area (Å²) in [6.45, 7) is 0.555. The number of nitrogens with zero attached hydrogens (tertiary/aromatic N) is 3. The van der Waals surface area contributed by atoms with Gasteiger partial charge in [-0.05, 0) is 50.3 Å². The van der Waals surface area contributed by atoms with Gasteiger partial charge in [0.2, 0.25) is 5.95 Å². The standard InChI is InChI=1S/C21H22F3N5O/c1-28(2)17-10-11-29(17)19(30)18(13-6-5-7-14(12-13)21(22,23)24)27-20-25-15-8-3-4-9-16(15)26-20/h3-9,12,17-18H,10-11H2,1-2H3,(H2,25,26,27). The third-order valence-corrected chi connectivity index (χ3v) is 5.33. The van der Waals surface area contributed by atoms with Gasteiger partial charge in [0.1, 0.15) is 6.04 Å². The first-order valence-corrected chi connectivity index (χ1v) is 9.59. The lowest BCUT2D eigenvalue weighted by Crippen LogP contribution is -2.59. The van der Waals surface area contributed by atoms with E-state index >= 15 is 0 Å². The average molecular weight is 417 g/mol. The summed E-state index contributed by atoms with van der Waals surface area (Å²) in [5.41, 5.74) is 0.910. The van der Waals surface area contributed by atoms with Crippen LogP contribution in [0, 0.1) is 0 Å². The Morgan fingerprint density at radius 2 is 2.00 bits per heavy atom. The van der Waals surface area contributed by atoms with Crippen LogP contribution in [0.4, 0.5) is 19.1 Å². The minimum absolute atomic E-state index is 0.0803. The van der Waals surface area contributed by atoms with Crippen LogP contribution in [-0.4, -0.2) is 52.5 Å². The number of carbonyl (C=O) groups excluding carboxylic acids is 1. The molecule has 2 aromatic carbocycles. The molecule has 6 nitrogen and oxygen atoms in total. The SMILES string of the molecule is CN(C)C1CCN1C(=O)C(Nc1nc2ccccc2[nH]1)c1cccc(C(F)(F)F)c1. The Kier molecular flexibility index (Phi) is 5.15. The van der Waals surface area contributed by atoms with Crippen molar-refractivity contribution in [2.45, 2.75) is 24.8 Å². The number of imidazole rings is 1. The van der Waals surface area contributed by atoms with Crippen molar-refractivity contribution in [2.75, 3.05) is 26.0 Å². The van der Waals surface area contributed by atoms with Crippen LogP contribution in [0.5, 0.6) is 0 Å². The molecule has 0 spiro atoms. The van der Waals surface area contributed by atoms with Gasteiger partial charge in [-0.1, -0.05) is 24.3 Å². The van der Waals surface area contributed by atoms with Crippen molar-refractivity contribution in [3.05, 3.63) is 59.7 Å². The zero-order valence-corrected chi connectivity index (χ0v) is 16.6. The van der Waals surface area contributed by atoms with Gasteiger partial charge in [0.05, 0.1) is 22.8 Å². The van der Waals surface area contributed by atoms with Gasteiger partial charge < -0.3 is 15.2 Å². The van der Waals surface area contributed by atoms with Crippen molar-refractivity contribution in [2.24, 2.45) is 0 Å². The van der Waals surface area contributed by atoms with Crippen molar-refractivity contribution in [3.63, 3.8) is 0 Å². The Morgan fingerprint density at radius 1 is 1.23 bits per heavy atom. The normalized spacial score (nSPS) is 17.8. The quantitative estimate of drug-likeness (QED) is 0.662. The highest BCUT2D eigenvalue weighted by molar-refractivity contribution is 5.87. The van der Waals surface area contributed by atoms with Gasteiger partial charge in [0.15, 0.2) is 0 Å². The van der Waals surface area contributed by atoms with E-state index in [4.69, 9.17) is 0 Å². The van der Waals surface area contributed by atoms with Crippen LogP contribution in [0.3, 0.4) is 0 Å². The summed E-state index contributed by atoms with van der Waals surface area (Å²) in [4.78, 5) is 24.4. The predicted molar refractivity (Wildman–Crippen MR) is 108 cm³/mol. The maximum atomic E-state index is 13.3. The third-order valence-electron chi connectivity index (χ3n) is 5.33. The number of H-pyrrole nitrogens is 1. The molecule has 1 fully saturated rings. The third kappa shape index (κ3) is 3.85. The van der Waals surface area contributed by atoms with E-state index in [0.717, 1.165) is 24.1 Å². The molecule has 1 saturated heterocycles. The van der Waals surface area contributed by atoms with E-state index in [1.165, 1.54) is 12.1 Å². The average Bonchev–Trinajstić information content (AvgIpc) is 3.06. The fourth-order valence-corrected chi connectivity index (χ4v) is 3.67. The number of carbonyl (C=O) groups is 1. The molecule has 1 aliphatic heterocycles. The summed E-state index contributed by atoms with van der Waals surface area (Å²) in [5, 5.41) is 3.03. The minimum atomic E-state index is -4.49. The van der Waals surface area contributed by atoms with E-state index in [-0.39, 0.29) is 17.6 Å². The van der Waals surface area contributed by atoms with E-state index in [1.54, 1.807) is 4.90 Å². The highest BCUT2D eigenvalue weighted by Crippen LogP contribution is 2.33. The molecule has 1 aromatic heterocycles. The first kappa shape index (κ1) is 20.2. The molecule has 0 aliphatic carbocycles. The molecule has 0 bridgehead atoms. The number of halogens is 3. The van der Waals surface area contributed by atoms with Gasteiger partial charge >= 0.3 is 6.18 Å². The molecule has 1 amide bonds. The van der Waals surface area contributed by atoms with Crippen LogP contribution in [-0.2, 0) is 11.0 Å². The maximum absolute atomic E-state index is 13.3. The number of aromatic amines is 1. The summed E-state index contributed by atoms with van der Waals surface area (Å²) in [6.07, 6.45) is -3.76. The molecule has 30 heavy (non-hydrogen) atoms. The van der Waals surface area contributed by atoms with Gasteiger partial charge in [0.25, 0.3) is 5.91 Å². The second-order valence-electron chi connectivity index (χ2n) is 7.57. The molecule has 2 N–H and O–H groups in total. The van der Waals surface area contributed by atoms with Crippen LogP contribution in [0.2, 0.25) is 0 Å². The van der Waals surface area contributed by atoms with Crippen LogP contribution in [0.1, 0.15) is 23.6 Å². The molecule has 2 atom stereocenters. The zero-order valence-electron chi connectivity index (χ0n) is 16.6. The molecule has 1 aliphatic rings.